The molecule has 4 heteroatoms. The van der Waals surface area contributed by atoms with Gasteiger partial charge in [0, 0.05) is 21.8 Å². The Hall–Kier alpha value is -9.12. The van der Waals surface area contributed by atoms with E-state index < -0.39 is 5.41 Å². The summed E-state index contributed by atoms with van der Waals surface area (Å²) in [7, 11) is 0. The van der Waals surface area contributed by atoms with E-state index in [-0.39, 0.29) is 11.1 Å². The summed E-state index contributed by atoms with van der Waals surface area (Å²) in [5, 5.41) is 9.20. The summed E-state index contributed by atoms with van der Waals surface area (Å²) < 4.78 is 3.65. The van der Waals surface area contributed by atoms with Crippen LogP contribution < -0.4 is 11.1 Å². The predicted octanol–water partition coefficient (Wildman–Crippen LogP) is 14.9. The molecule has 0 saturated heterocycles. The summed E-state index contributed by atoms with van der Waals surface area (Å²) >= 11 is 0. The molecular formula is C65H38N2O2. The molecule has 2 aromatic heterocycles. The molecule has 69 heavy (non-hydrogen) atoms. The molecule has 2 aliphatic carbocycles. The van der Waals surface area contributed by atoms with E-state index in [1.54, 1.807) is 0 Å². The molecule has 4 nitrogen and oxygen atoms in total. The van der Waals surface area contributed by atoms with Crippen LogP contribution in [0, 0.1) is 0 Å². The summed E-state index contributed by atoms with van der Waals surface area (Å²) in [4.78, 5) is 31.7. The number of hydrogen-bond acceptors (Lipinski definition) is 2. The molecule has 0 radical (unpaired) electrons. The van der Waals surface area contributed by atoms with Gasteiger partial charge < -0.3 is 4.57 Å². The maximum absolute atomic E-state index is 15.8. The Labute approximate surface area is 395 Å². The fourth-order valence-corrected chi connectivity index (χ4v) is 12.5. The minimum Gasteiger partial charge on any atom is -0.309 e. The molecule has 0 amide bonds. The molecule has 0 bridgehead atoms. The van der Waals surface area contributed by atoms with Gasteiger partial charge in [0.05, 0.1) is 27.5 Å². The maximum Gasteiger partial charge on any atom is 0.266 e. The van der Waals surface area contributed by atoms with Crippen LogP contribution in [0.1, 0.15) is 22.3 Å². The number of benzene rings is 11. The average Bonchev–Trinajstić information content (AvgIpc) is 3.99. The molecule has 13 aromatic rings. The Morgan fingerprint density at radius 3 is 1.49 bits per heavy atom. The third-order valence-electron chi connectivity index (χ3n) is 15.3. The van der Waals surface area contributed by atoms with E-state index >= 15 is 9.59 Å². The van der Waals surface area contributed by atoms with Gasteiger partial charge in [-0.2, -0.15) is 0 Å². The van der Waals surface area contributed by atoms with Crippen LogP contribution in [0.25, 0.3) is 110 Å². The van der Waals surface area contributed by atoms with Crippen molar-refractivity contribution in [2.75, 3.05) is 0 Å². The van der Waals surface area contributed by atoms with Gasteiger partial charge in [-0.25, -0.2) is 4.57 Å². The molecule has 0 N–H and O–H groups in total. The van der Waals surface area contributed by atoms with Crippen molar-refractivity contribution < 1.29 is 0 Å². The van der Waals surface area contributed by atoms with E-state index in [0.29, 0.717) is 16.5 Å². The zero-order chi connectivity index (χ0) is 45.5. The number of fused-ring (bicyclic) bond motifs is 19. The third kappa shape index (κ3) is 5.02. The molecule has 1 spiro atoms. The summed E-state index contributed by atoms with van der Waals surface area (Å²) in [6.45, 7) is 0. The van der Waals surface area contributed by atoms with Gasteiger partial charge in [0.25, 0.3) is 11.1 Å². The quantitative estimate of drug-likeness (QED) is 0.166. The Kier molecular flexibility index (Phi) is 7.69. The van der Waals surface area contributed by atoms with E-state index in [9.17, 15) is 0 Å². The lowest BCUT2D eigenvalue weighted by Gasteiger charge is -2.30. The Morgan fingerprint density at radius 2 is 0.797 bits per heavy atom. The van der Waals surface area contributed by atoms with Gasteiger partial charge >= 0.3 is 0 Å². The number of para-hydroxylation sites is 2. The number of hydrogen-bond donors (Lipinski definition) is 0. The van der Waals surface area contributed by atoms with Crippen LogP contribution in [0.3, 0.4) is 0 Å². The lowest BCUT2D eigenvalue weighted by Crippen LogP contribution is -2.28. The third-order valence-corrected chi connectivity index (χ3v) is 15.3. The summed E-state index contributed by atoms with van der Waals surface area (Å²) in [5.41, 5.74) is 13.4. The van der Waals surface area contributed by atoms with Crippen LogP contribution in [-0.4, -0.2) is 9.13 Å². The smallest absolute Gasteiger partial charge is 0.266 e. The van der Waals surface area contributed by atoms with Crippen molar-refractivity contribution >= 4 is 64.9 Å². The molecule has 0 atom stereocenters. The Morgan fingerprint density at radius 1 is 0.275 bits per heavy atom. The Balaban J connectivity index is 1.07. The minimum atomic E-state index is -0.635. The molecular weight excluding hydrogens is 841 g/mol. The van der Waals surface area contributed by atoms with Gasteiger partial charge in [-0.05, 0) is 149 Å². The van der Waals surface area contributed by atoms with Crippen molar-refractivity contribution in [3.8, 4) is 44.8 Å². The van der Waals surface area contributed by atoms with E-state index in [0.717, 1.165) is 76.9 Å². The topological polar surface area (TPSA) is 44.0 Å². The summed E-state index contributed by atoms with van der Waals surface area (Å²) in [6.07, 6.45) is 0. The van der Waals surface area contributed by atoms with E-state index in [1.165, 1.54) is 43.2 Å². The number of rotatable bonds is 3. The first-order valence-corrected chi connectivity index (χ1v) is 23.6. The average molecular weight is 879 g/mol. The number of aromatic nitrogens is 2. The van der Waals surface area contributed by atoms with Crippen molar-refractivity contribution in [2.24, 2.45) is 0 Å². The lowest BCUT2D eigenvalue weighted by molar-refractivity contribution is 0.795. The lowest BCUT2D eigenvalue weighted by atomic mass is 9.70. The van der Waals surface area contributed by atoms with Crippen LogP contribution in [0.15, 0.2) is 240 Å². The molecule has 0 aliphatic heterocycles. The molecule has 11 aromatic carbocycles. The SMILES string of the molecule is O=c1c2cc3c(cc2c2cc4c5ccccc5n(-c5ccccc5)c4cc2c(=O)n1-c1ccc(-c2cc4ccccc4c4ccccc24)cc1)C1(c2ccccc2-c2ccccc21)c1ccccc1-3. The van der Waals surface area contributed by atoms with Gasteiger partial charge in [-0.15, -0.1) is 0 Å². The second-order valence-corrected chi connectivity index (χ2v) is 18.6. The fraction of sp³-hybridized carbons (Fsp3) is 0.0154. The van der Waals surface area contributed by atoms with Crippen LogP contribution in [-0.2, 0) is 5.41 Å². The summed E-state index contributed by atoms with van der Waals surface area (Å²) in [5.74, 6) is 0. The largest absolute Gasteiger partial charge is 0.309 e. The van der Waals surface area contributed by atoms with Gasteiger partial charge in [0.15, 0.2) is 0 Å². The standard InChI is InChI=1S/C65H38N2O2/c68-63-55-36-53-48-24-10-14-28-59(48)65(57-26-12-8-22-46(57)47-23-9-13-27-58(47)65)60(53)37-52(55)51-35-54-49-25-11-15-29-61(49)66(41-17-2-1-3-18-41)62(54)38-56(51)64(69)67(63)42-32-30-39(31-33-42)50-34-40-16-4-5-19-43(40)44-20-6-7-21-45(44)50/h1-38H. The molecule has 2 heterocycles. The van der Waals surface area contributed by atoms with E-state index in [4.69, 9.17) is 0 Å². The normalized spacial score (nSPS) is 13.2. The molecule has 0 saturated carbocycles. The highest BCUT2D eigenvalue weighted by Gasteiger charge is 2.51. The van der Waals surface area contributed by atoms with Gasteiger partial charge in [0.1, 0.15) is 0 Å². The van der Waals surface area contributed by atoms with Crippen LogP contribution >= 0.6 is 0 Å². The first-order chi connectivity index (χ1) is 34.1. The zero-order valence-corrected chi connectivity index (χ0v) is 37.2. The van der Waals surface area contributed by atoms with Crippen molar-refractivity contribution in [1.29, 1.82) is 0 Å². The van der Waals surface area contributed by atoms with Crippen molar-refractivity contribution in [3.63, 3.8) is 0 Å². The monoisotopic (exact) mass is 878 g/mol. The zero-order valence-electron chi connectivity index (χ0n) is 37.2. The van der Waals surface area contributed by atoms with E-state index in [2.05, 4.69) is 187 Å². The van der Waals surface area contributed by atoms with Crippen molar-refractivity contribution in [2.45, 2.75) is 5.41 Å². The van der Waals surface area contributed by atoms with Crippen molar-refractivity contribution in [1.82, 2.24) is 9.13 Å². The molecule has 15 rings (SSSR count). The highest BCUT2D eigenvalue weighted by Crippen LogP contribution is 2.63. The van der Waals surface area contributed by atoms with Crippen LogP contribution in [0.5, 0.6) is 0 Å². The van der Waals surface area contributed by atoms with Gasteiger partial charge in [-0.3, -0.25) is 9.59 Å². The molecule has 0 unspecified atom stereocenters. The molecule has 320 valence electrons. The first-order valence-electron chi connectivity index (χ1n) is 23.6. The Bertz CT molecular complexity index is 4480. The first kappa shape index (κ1) is 38.0. The second-order valence-electron chi connectivity index (χ2n) is 18.6. The summed E-state index contributed by atoms with van der Waals surface area (Å²) in [6, 6.07) is 80.6. The molecule has 2 aliphatic rings. The number of nitrogens with zero attached hydrogens (tertiary/aromatic N) is 2. The predicted molar refractivity (Wildman–Crippen MR) is 284 cm³/mol. The highest BCUT2D eigenvalue weighted by atomic mass is 16.2. The second kappa shape index (κ2) is 14.0. The van der Waals surface area contributed by atoms with Crippen LogP contribution in [0.4, 0.5) is 0 Å². The minimum absolute atomic E-state index is 0.357. The van der Waals surface area contributed by atoms with Gasteiger partial charge in [-0.1, -0.05) is 170 Å². The maximum atomic E-state index is 15.8. The van der Waals surface area contributed by atoms with Crippen LogP contribution in [0.2, 0.25) is 0 Å². The van der Waals surface area contributed by atoms with Gasteiger partial charge in [0.2, 0.25) is 0 Å². The van der Waals surface area contributed by atoms with Crippen molar-refractivity contribution in [3.05, 3.63) is 273 Å². The fourth-order valence-electron chi connectivity index (χ4n) is 12.5. The highest BCUT2D eigenvalue weighted by molar-refractivity contribution is 6.19. The molecule has 0 fully saturated rings. The van der Waals surface area contributed by atoms with E-state index in [1.807, 2.05) is 48.5 Å².